The number of allylic oxidation sites excluding steroid dienone is 2. The van der Waals surface area contributed by atoms with Gasteiger partial charge >= 0.3 is 0 Å². The van der Waals surface area contributed by atoms with E-state index in [4.69, 9.17) is 5.73 Å². The second kappa shape index (κ2) is 4.80. The summed E-state index contributed by atoms with van der Waals surface area (Å²) >= 11 is 0. The predicted molar refractivity (Wildman–Crippen MR) is 62.1 cm³/mol. The third-order valence-corrected chi connectivity index (χ3v) is 2.85. The quantitative estimate of drug-likeness (QED) is 0.503. The smallest absolute Gasteiger partial charge is 0.247 e. The van der Waals surface area contributed by atoms with Crippen LogP contribution >= 0.6 is 0 Å². The van der Waals surface area contributed by atoms with E-state index in [1.807, 2.05) is 0 Å². The number of hydrogen-bond acceptors (Lipinski definition) is 4. The van der Waals surface area contributed by atoms with Crippen LogP contribution in [-0.4, -0.2) is 25.2 Å². The molecule has 0 radical (unpaired) electrons. The van der Waals surface area contributed by atoms with Crippen LogP contribution in [0.2, 0.25) is 0 Å². The largest absolute Gasteiger partial charge is 0.398 e. The van der Waals surface area contributed by atoms with Crippen LogP contribution in [0.5, 0.6) is 0 Å². The Bertz CT molecular complexity index is 518. The van der Waals surface area contributed by atoms with Gasteiger partial charge in [0.25, 0.3) is 0 Å². The Balaban J connectivity index is 3.03. The standard InChI is InChI=1S/C10H12N2O3S/c1-6(2)10(13)12-8-5-3-4-7(11)9(8)16(14)15/h3-5,8H,1,11H2,2H3,(H,12,13). The Morgan fingerprint density at radius 1 is 1.56 bits per heavy atom. The van der Waals surface area contributed by atoms with E-state index in [1.54, 1.807) is 12.2 Å². The molecule has 0 heterocycles. The lowest BCUT2D eigenvalue weighted by Crippen LogP contribution is -2.43. The summed E-state index contributed by atoms with van der Waals surface area (Å²) in [5, 5.41) is 2.50. The van der Waals surface area contributed by atoms with Gasteiger partial charge in [-0.25, -0.2) is 0 Å². The highest BCUT2D eigenvalue weighted by molar-refractivity contribution is 7.73. The summed E-state index contributed by atoms with van der Waals surface area (Å²) in [5.74, 6) is -0.410. The minimum absolute atomic E-state index is 0.0305. The predicted octanol–water partition coefficient (Wildman–Crippen LogP) is -0.489. The maximum atomic E-state index is 11.4. The zero-order valence-corrected chi connectivity index (χ0v) is 9.54. The molecule has 1 rings (SSSR count). The maximum Gasteiger partial charge on any atom is 0.247 e. The molecule has 0 saturated carbocycles. The molecule has 1 amide bonds. The average molecular weight is 240 g/mol. The SMILES string of the molecule is C=C(C)C(=O)NC1C=CC=C(N)C1=S(=O)=O. The fraction of sp³-hybridized carbons (Fsp3) is 0.200. The summed E-state index contributed by atoms with van der Waals surface area (Å²) in [5.41, 5.74) is 5.96. The summed E-state index contributed by atoms with van der Waals surface area (Å²) in [4.78, 5) is 11.3. The van der Waals surface area contributed by atoms with Crippen LogP contribution < -0.4 is 11.1 Å². The minimum atomic E-state index is -2.46. The van der Waals surface area contributed by atoms with Crippen molar-refractivity contribution in [2.45, 2.75) is 13.0 Å². The molecule has 16 heavy (non-hydrogen) atoms. The molecule has 86 valence electrons. The third kappa shape index (κ3) is 2.60. The molecule has 1 aliphatic rings. The molecule has 6 heteroatoms. The lowest BCUT2D eigenvalue weighted by Gasteiger charge is -2.18. The molecule has 0 aromatic rings. The number of carbonyl (C=O) groups is 1. The summed E-state index contributed by atoms with van der Waals surface area (Å²) in [6.45, 7) is 5.00. The van der Waals surface area contributed by atoms with Crippen LogP contribution in [0, 0.1) is 0 Å². The first-order valence-electron chi connectivity index (χ1n) is 4.50. The van der Waals surface area contributed by atoms with E-state index >= 15 is 0 Å². The molecule has 0 bridgehead atoms. The molecule has 1 unspecified atom stereocenters. The van der Waals surface area contributed by atoms with E-state index < -0.39 is 22.2 Å². The van der Waals surface area contributed by atoms with Crippen LogP contribution in [0.4, 0.5) is 0 Å². The second-order valence-electron chi connectivity index (χ2n) is 3.34. The van der Waals surface area contributed by atoms with Gasteiger partial charge in [-0.2, -0.15) is 8.42 Å². The first-order chi connectivity index (χ1) is 7.43. The van der Waals surface area contributed by atoms with E-state index in [1.165, 1.54) is 13.0 Å². The molecule has 0 spiro atoms. The van der Waals surface area contributed by atoms with Gasteiger partial charge in [0.1, 0.15) is 4.86 Å². The number of rotatable bonds is 2. The van der Waals surface area contributed by atoms with Crippen molar-refractivity contribution in [2.24, 2.45) is 5.73 Å². The summed E-state index contributed by atoms with van der Waals surface area (Å²) in [6, 6.07) is -0.729. The van der Waals surface area contributed by atoms with Gasteiger partial charge in [-0.1, -0.05) is 18.7 Å². The average Bonchev–Trinajstić information content (AvgIpc) is 2.16. The van der Waals surface area contributed by atoms with Gasteiger partial charge in [0.2, 0.25) is 16.2 Å². The molecular weight excluding hydrogens is 228 g/mol. The molecule has 0 aromatic heterocycles. The van der Waals surface area contributed by atoms with Gasteiger partial charge in [-0.3, -0.25) is 4.79 Å². The van der Waals surface area contributed by atoms with Crippen LogP contribution in [0.1, 0.15) is 6.92 Å². The van der Waals surface area contributed by atoms with Gasteiger partial charge < -0.3 is 11.1 Å². The van der Waals surface area contributed by atoms with Crippen molar-refractivity contribution in [3.8, 4) is 0 Å². The zero-order valence-electron chi connectivity index (χ0n) is 8.73. The van der Waals surface area contributed by atoms with Gasteiger partial charge in [0.15, 0.2) is 0 Å². The fourth-order valence-electron chi connectivity index (χ4n) is 1.20. The number of carbonyl (C=O) groups excluding carboxylic acids is 1. The number of nitrogens with one attached hydrogen (secondary N) is 1. The molecule has 3 N–H and O–H groups in total. The van der Waals surface area contributed by atoms with Crippen molar-refractivity contribution < 1.29 is 13.2 Å². The Morgan fingerprint density at radius 2 is 2.19 bits per heavy atom. The molecule has 0 saturated heterocycles. The topological polar surface area (TPSA) is 89.3 Å². The third-order valence-electron chi connectivity index (χ3n) is 2.00. The highest BCUT2D eigenvalue weighted by Gasteiger charge is 2.21. The van der Waals surface area contributed by atoms with Crippen molar-refractivity contribution >= 4 is 21.1 Å². The van der Waals surface area contributed by atoms with E-state index in [0.717, 1.165) is 0 Å². The van der Waals surface area contributed by atoms with Crippen LogP contribution in [0.25, 0.3) is 0 Å². The summed E-state index contributed by atoms with van der Waals surface area (Å²) < 4.78 is 21.9. The minimum Gasteiger partial charge on any atom is -0.398 e. The van der Waals surface area contributed by atoms with Crippen molar-refractivity contribution in [3.63, 3.8) is 0 Å². The molecule has 0 fully saturated rings. The Kier molecular flexibility index (Phi) is 3.68. The summed E-state index contributed by atoms with van der Waals surface area (Å²) in [6.07, 6.45) is 4.60. The number of amides is 1. The fourth-order valence-corrected chi connectivity index (χ4v) is 1.80. The van der Waals surface area contributed by atoms with Gasteiger partial charge in [0.05, 0.1) is 11.7 Å². The summed E-state index contributed by atoms with van der Waals surface area (Å²) in [7, 11) is -2.46. The Hall–Kier alpha value is -1.82. The van der Waals surface area contributed by atoms with Crippen molar-refractivity contribution in [2.75, 3.05) is 0 Å². The normalized spacial score (nSPS) is 18.9. The highest BCUT2D eigenvalue weighted by atomic mass is 32.2. The van der Waals surface area contributed by atoms with Crippen LogP contribution in [-0.2, 0) is 15.1 Å². The molecule has 5 nitrogen and oxygen atoms in total. The molecule has 0 aromatic carbocycles. The molecular formula is C10H12N2O3S. The van der Waals surface area contributed by atoms with E-state index in [0.29, 0.717) is 5.57 Å². The first-order valence-corrected chi connectivity index (χ1v) is 5.57. The first kappa shape index (κ1) is 12.3. The maximum absolute atomic E-state index is 11.4. The molecule has 1 atom stereocenters. The highest BCUT2D eigenvalue weighted by Crippen LogP contribution is 2.05. The monoisotopic (exact) mass is 240 g/mol. The lowest BCUT2D eigenvalue weighted by molar-refractivity contribution is -0.117. The Labute approximate surface area is 94.9 Å². The van der Waals surface area contributed by atoms with Crippen LogP contribution in [0.3, 0.4) is 0 Å². The Morgan fingerprint density at radius 3 is 2.69 bits per heavy atom. The molecule has 1 aliphatic carbocycles. The van der Waals surface area contributed by atoms with Crippen LogP contribution in [0.15, 0.2) is 36.1 Å². The van der Waals surface area contributed by atoms with Crippen molar-refractivity contribution in [1.82, 2.24) is 5.32 Å². The van der Waals surface area contributed by atoms with E-state index in [9.17, 15) is 13.2 Å². The van der Waals surface area contributed by atoms with Crippen molar-refractivity contribution in [3.05, 3.63) is 36.1 Å². The van der Waals surface area contributed by atoms with E-state index in [-0.39, 0.29) is 10.6 Å². The van der Waals surface area contributed by atoms with E-state index in [2.05, 4.69) is 11.9 Å². The zero-order chi connectivity index (χ0) is 12.3. The van der Waals surface area contributed by atoms with Gasteiger partial charge in [-0.15, -0.1) is 0 Å². The van der Waals surface area contributed by atoms with Gasteiger partial charge in [0, 0.05) is 5.57 Å². The van der Waals surface area contributed by atoms with Crippen molar-refractivity contribution in [1.29, 1.82) is 0 Å². The second-order valence-corrected chi connectivity index (χ2v) is 4.25. The number of nitrogens with two attached hydrogens (primary N) is 1. The van der Waals surface area contributed by atoms with Gasteiger partial charge in [-0.05, 0) is 13.0 Å². The molecule has 0 aliphatic heterocycles. The number of hydrogen-bond donors (Lipinski definition) is 2. The lowest BCUT2D eigenvalue weighted by atomic mass is 10.1.